The Morgan fingerprint density at radius 1 is 1.47 bits per heavy atom. The number of benzene rings is 1. The monoisotopic (exact) mass is 306 g/mol. The van der Waals surface area contributed by atoms with Crippen LogP contribution in [0.2, 0.25) is 0 Å². The van der Waals surface area contributed by atoms with Gasteiger partial charge in [0.1, 0.15) is 5.82 Å². The minimum Gasteiger partial charge on any atom is -0.329 e. The van der Waals surface area contributed by atoms with Gasteiger partial charge >= 0.3 is 0 Å². The van der Waals surface area contributed by atoms with Crippen LogP contribution in [0.1, 0.15) is 13.8 Å². The summed E-state index contributed by atoms with van der Waals surface area (Å²) in [6, 6.07) is 1.78. The molecule has 0 spiro atoms. The molecule has 17 heavy (non-hydrogen) atoms. The predicted molar refractivity (Wildman–Crippen MR) is 65.5 cm³/mol. The molecule has 6 heteroatoms. The Hall–Kier alpha value is -1.01. The molecule has 0 aromatic heterocycles. The highest BCUT2D eigenvalue weighted by atomic mass is 79.9. The van der Waals surface area contributed by atoms with E-state index >= 15 is 0 Å². The van der Waals surface area contributed by atoms with Gasteiger partial charge in [-0.2, -0.15) is 0 Å². The summed E-state index contributed by atoms with van der Waals surface area (Å²) in [6.45, 7) is 3.40. The Labute approximate surface area is 107 Å². The molecule has 1 aromatic carbocycles. The second kappa shape index (κ2) is 5.10. The van der Waals surface area contributed by atoms with Gasteiger partial charge in [0.2, 0.25) is 5.91 Å². The standard InChI is InChI=1S/C11H13BrF2N2O/c1-11(2,5-15)10(17)16-9-7(12)3-6(13)4-8(9)14/h3-4H,5,15H2,1-2H3,(H,16,17). The third kappa shape index (κ3) is 3.23. The fraction of sp³-hybridized carbons (Fsp3) is 0.364. The van der Waals surface area contributed by atoms with Gasteiger partial charge in [0.15, 0.2) is 5.82 Å². The van der Waals surface area contributed by atoms with E-state index in [1.807, 2.05) is 0 Å². The van der Waals surface area contributed by atoms with Crippen molar-refractivity contribution in [3.63, 3.8) is 0 Å². The molecule has 3 N–H and O–H groups in total. The number of halogens is 3. The number of hydrogen-bond donors (Lipinski definition) is 2. The normalized spacial score (nSPS) is 11.4. The first-order valence-corrected chi connectivity index (χ1v) is 5.73. The van der Waals surface area contributed by atoms with E-state index in [9.17, 15) is 13.6 Å². The van der Waals surface area contributed by atoms with E-state index in [4.69, 9.17) is 5.73 Å². The number of hydrogen-bond acceptors (Lipinski definition) is 2. The van der Waals surface area contributed by atoms with Crippen LogP contribution in [0.5, 0.6) is 0 Å². The lowest BCUT2D eigenvalue weighted by Gasteiger charge is -2.21. The Balaban J connectivity index is 3.01. The van der Waals surface area contributed by atoms with Gasteiger partial charge < -0.3 is 11.1 Å². The molecule has 94 valence electrons. The number of rotatable bonds is 3. The SMILES string of the molecule is CC(C)(CN)C(=O)Nc1c(F)cc(F)cc1Br. The highest BCUT2D eigenvalue weighted by Gasteiger charge is 2.27. The third-order valence-electron chi connectivity index (χ3n) is 2.37. The lowest BCUT2D eigenvalue weighted by atomic mass is 9.92. The first-order valence-electron chi connectivity index (χ1n) is 4.94. The topological polar surface area (TPSA) is 55.1 Å². The van der Waals surface area contributed by atoms with E-state index in [2.05, 4.69) is 21.2 Å². The maximum Gasteiger partial charge on any atom is 0.231 e. The van der Waals surface area contributed by atoms with Crippen LogP contribution in [0.3, 0.4) is 0 Å². The van der Waals surface area contributed by atoms with Crippen molar-refractivity contribution in [2.45, 2.75) is 13.8 Å². The summed E-state index contributed by atoms with van der Waals surface area (Å²) in [5.41, 5.74) is 4.53. The Morgan fingerprint density at radius 2 is 2.06 bits per heavy atom. The number of nitrogens with two attached hydrogens (primary N) is 1. The van der Waals surface area contributed by atoms with Crippen LogP contribution in [0.25, 0.3) is 0 Å². The molecule has 1 amide bonds. The summed E-state index contributed by atoms with van der Waals surface area (Å²) in [7, 11) is 0. The smallest absolute Gasteiger partial charge is 0.231 e. The molecule has 0 saturated carbocycles. The minimum atomic E-state index is -0.835. The molecule has 0 saturated heterocycles. The second-order valence-electron chi connectivity index (χ2n) is 4.29. The van der Waals surface area contributed by atoms with Crippen molar-refractivity contribution in [3.05, 3.63) is 28.2 Å². The van der Waals surface area contributed by atoms with Crippen LogP contribution < -0.4 is 11.1 Å². The van der Waals surface area contributed by atoms with Gasteiger partial charge in [0.05, 0.1) is 11.1 Å². The van der Waals surface area contributed by atoms with Crippen molar-refractivity contribution in [3.8, 4) is 0 Å². The van der Waals surface area contributed by atoms with E-state index in [1.54, 1.807) is 13.8 Å². The molecule has 0 aliphatic heterocycles. The van der Waals surface area contributed by atoms with Crippen molar-refractivity contribution < 1.29 is 13.6 Å². The molecule has 0 unspecified atom stereocenters. The average molecular weight is 307 g/mol. The van der Waals surface area contributed by atoms with E-state index in [-0.39, 0.29) is 16.7 Å². The molecule has 0 heterocycles. The molecular formula is C11H13BrF2N2O. The largest absolute Gasteiger partial charge is 0.329 e. The molecule has 1 rings (SSSR count). The Kier molecular flexibility index (Phi) is 4.21. The summed E-state index contributed by atoms with van der Waals surface area (Å²) in [4.78, 5) is 11.8. The Bertz CT molecular complexity index is 426. The predicted octanol–water partition coefficient (Wildman–Crippen LogP) is 2.65. The Morgan fingerprint density at radius 3 is 2.53 bits per heavy atom. The highest BCUT2D eigenvalue weighted by molar-refractivity contribution is 9.10. The van der Waals surface area contributed by atoms with Gasteiger partial charge in [-0.05, 0) is 35.8 Å². The van der Waals surface area contributed by atoms with Gasteiger partial charge in [-0.1, -0.05) is 0 Å². The molecule has 1 aromatic rings. The molecule has 0 aliphatic rings. The first kappa shape index (κ1) is 14.1. The van der Waals surface area contributed by atoms with Gasteiger partial charge in [0, 0.05) is 17.1 Å². The van der Waals surface area contributed by atoms with Gasteiger partial charge in [-0.15, -0.1) is 0 Å². The molecule has 0 bridgehead atoms. The van der Waals surface area contributed by atoms with Crippen molar-refractivity contribution in [2.24, 2.45) is 11.1 Å². The van der Waals surface area contributed by atoms with Crippen molar-refractivity contribution in [2.75, 3.05) is 11.9 Å². The molecule has 0 radical (unpaired) electrons. The van der Waals surface area contributed by atoms with Gasteiger partial charge in [0.25, 0.3) is 0 Å². The summed E-state index contributed by atoms with van der Waals surface area (Å²) >= 11 is 2.99. The second-order valence-corrected chi connectivity index (χ2v) is 5.14. The number of carbonyl (C=O) groups excluding carboxylic acids is 1. The van der Waals surface area contributed by atoms with Crippen LogP contribution in [0.15, 0.2) is 16.6 Å². The van der Waals surface area contributed by atoms with Crippen LogP contribution in [0.4, 0.5) is 14.5 Å². The lowest BCUT2D eigenvalue weighted by Crippen LogP contribution is -2.37. The summed E-state index contributed by atoms with van der Waals surface area (Å²) < 4.78 is 26.4. The quantitative estimate of drug-likeness (QED) is 0.902. The third-order valence-corrected chi connectivity index (χ3v) is 3.00. The number of anilines is 1. The number of carbonyl (C=O) groups is 1. The van der Waals surface area contributed by atoms with Crippen LogP contribution in [0, 0.1) is 17.0 Å². The van der Waals surface area contributed by atoms with Crippen LogP contribution in [-0.2, 0) is 4.79 Å². The van der Waals surface area contributed by atoms with E-state index in [1.165, 1.54) is 0 Å². The van der Waals surface area contributed by atoms with Crippen molar-refractivity contribution >= 4 is 27.5 Å². The zero-order chi connectivity index (χ0) is 13.2. The molecular weight excluding hydrogens is 294 g/mol. The maximum atomic E-state index is 13.4. The number of nitrogens with one attached hydrogen (secondary N) is 1. The summed E-state index contributed by atoms with van der Waals surface area (Å²) in [6.07, 6.45) is 0. The first-order chi connectivity index (χ1) is 7.77. The van der Waals surface area contributed by atoms with Crippen LogP contribution in [-0.4, -0.2) is 12.5 Å². The maximum absolute atomic E-state index is 13.4. The van der Waals surface area contributed by atoms with Gasteiger partial charge in [-0.25, -0.2) is 8.78 Å². The fourth-order valence-electron chi connectivity index (χ4n) is 1.04. The molecule has 0 atom stereocenters. The van der Waals surface area contributed by atoms with E-state index < -0.39 is 23.0 Å². The van der Waals surface area contributed by atoms with Gasteiger partial charge in [-0.3, -0.25) is 4.79 Å². The minimum absolute atomic E-state index is 0.0853. The average Bonchev–Trinajstić information content (AvgIpc) is 2.22. The molecule has 3 nitrogen and oxygen atoms in total. The van der Waals surface area contributed by atoms with Crippen molar-refractivity contribution in [1.82, 2.24) is 0 Å². The number of amides is 1. The highest BCUT2D eigenvalue weighted by Crippen LogP contribution is 2.28. The van der Waals surface area contributed by atoms with E-state index in [0.717, 1.165) is 6.07 Å². The molecule has 0 fully saturated rings. The summed E-state index contributed by atoms with van der Waals surface area (Å²) in [5.74, 6) is -1.98. The zero-order valence-electron chi connectivity index (χ0n) is 9.48. The summed E-state index contributed by atoms with van der Waals surface area (Å²) in [5, 5.41) is 2.39. The zero-order valence-corrected chi connectivity index (χ0v) is 11.1. The van der Waals surface area contributed by atoms with Crippen molar-refractivity contribution in [1.29, 1.82) is 0 Å². The molecule has 0 aliphatic carbocycles. The lowest BCUT2D eigenvalue weighted by molar-refractivity contribution is -0.123. The van der Waals surface area contributed by atoms with Crippen LogP contribution >= 0.6 is 15.9 Å². The van der Waals surface area contributed by atoms with E-state index in [0.29, 0.717) is 6.07 Å². The fourth-order valence-corrected chi connectivity index (χ4v) is 1.54.